The molecule has 10 nitrogen and oxygen atoms in total. The van der Waals surface area contributed by atoms with E-state index in [1.165, 1.54) is 23.0 Å². The third kappa shape index (κ3) is 7.18. The lowest BCUT2D eigenvalue weighted by Gasteiger charge is -2.25. The van der Waals surface area contributed by atoms with Crippen LogP contribution in [0.3, 0.4) is 0 Å². The van der Waals surface area contributed by atoms with Gasteiger partial charge in [0.25, 0.3) is 5.56 Å². The second-order valence-electron chi connectivity index (χ2n) is 11.3. The summed E-state index contributed by atoms with van der Waals surface area (Å²) in [6, 6.07) is 26.1. The summed E-state index contributed by atoms with van der Waals surface area (Å²) in [6.45, 7) is 5.80. The lowest BCUT2D eigenvalue weighted by molar-refractivity contribution is -0.143. The van der Waals surface area contributed by atoms with Gasteiger partial charge < -0.3 is 23.7 Å². The molecule has 0 unspecified atom stereocenters. The molecule has 2 heterocycles. The number of rotatable bonds is 12. The van der Waals surface area contributed by atoms with Gasteiger partial charge in [0.2, 0.25) is 0 Å². The Bertz CT molecular complexity index is 2280. The molecule has 0 N–H and O–H groups in total. The summed E-state index contributed by atoms with van der Waals surface area (Å²) in [7, 11) is 1.28. The molecule has 50 heavy (non-hydrogen) atoms. The molecule has 0 radical (unpaired) electrons. The van der Waals surface area contributed by atoms with Crippen molar-refractivity contribution in [2.24, 2.45) is 4.99 Å². The largest absolute Gasteiger partial charge is 0.490 e. The number of allylic oxidation sites excluding steroid dienone is 1. The number of thiazole rings is 1. The summed E-state index contributed by atoms with van der Waals surface area (Å²) >= 11 is 1.23. The van der Waals surface area contributed by atoms with Gasteiger partial charge in [-0.15, -0.1) is 0 Å². The molecule has 0 spiro atoms. The molecular weight excluding hydrogens is 657 g/mol. The molecule has 0 aliphatic carbocycles. The number of hydrogen-bond acceptors (Lipinski definition) is 10. The second kappa shape index (κ2) is 15.3. The summed E-state index contributed by atoms with van der Waals surface area (Å²) in [5.74, 6) is 0.195. The normalized spacial score (nSPS) is 14.2. The van der Waals surface area contributed by atoms with Crippen LogP contribution >= 0.6 is 11.3 Å². The second-order valence-corrected chi connectivity index (χ2v) is 12.3. The maximum atomic E-state index is 14.2. The lowest BCUT2D eigenvalue weighted by atomic mass is 9.95. The first kappa shape index (κ1) is 34.2. The van der Waals surface area contributed by atoms with Crippen molar-refractivity contribution in [3.8, 4) is 17.2 Å². The molecule has 256 valence electrons. The minimum atomic E-state index is -0.864. The minimum Gasteiger partial charge on any atom is -0.490 e. The highest BCUT2D eigenvalue weighted by Gasteiger charge is 2.34. The van der Waals surface area contributed by atoms with Crippen molar-refractivity contribution in [1.29, 1.82) is 0 Å². The van der Waals surface area contributed by atoms with Gasteiger partial charge in [0.15, 0.2) is 22.9 Å². The molecule has 0 saturated heterocycles. The maximum absolute atomic E-state index is 14.2. The fourth-order valence-electron chi connectivity index (χ4n) is 5.81. The Morgan fingerprint density at radius 1 is 0.900 bits per heavy atom. The number of aromatic nitrogens is 1. The Morgan fingerprint density at radius 3 is 2.50 bits per heavy atom. The number of esters is 2. The summed E-state index contributed by atoms with van der Waals surface area (Å²) in [6.07, 6.45) is 1.80. The molecule has 1 atom stereocenters. The van der Waals surface area contributed by atoms with E-state index in [1.807, 2.05) is 49.4 Å². The fourth-order valence-corrected chi connectivity index (χ4v) is 6.86. The van der Waals surface area contributed by atoms with Gasteiger partial charge in [-0.2, -0.15) is 0 Å². The van der Waals surface area contributed by atoms with Gasteiger partial charge in [0, 0.05) is 0 Å². The molecule has 4 aromatic carbocycles. The predicted molar refractivity (Wildman–Crippen MR) is 190 cm³/mol. The predicted octanol–water partition coefficient (Wildman–Crippen LogP) is 5.48. The monoisotopic (exact) mass is 692 g/mol. The van der Waals surface area contributed by atoms with Gasteiger partial charge in [0.1, 0.15) is 12.4 Å². The van der Waals surface area contributed by atoms with Gasteiger partial charge >= 0.3 is 11.9 Å². The Kier molecular flexibility index (Phi) is 10.4. The highest BCUT2D eigenvalue weighted by molar-refractivity contribution is 7.07. The molecule has 5 aromatic rings. The average Bonchev–Trinajstić information content (AvgIpc) is 3.43. The topological polar surface area (TPSA) is 115 Å². The SMILES string of the molecule is CCOC(=O)C1=C(C)N=c2s/c(=C/c3cccc(OCc4cccc5ccccc45)c3)c(=O)n2[C@@H]1c1ccc(OCC(=O)OC)c(OCC)c1. The van der Waals surface area contributed by atoms with Crippen LogP contribution in [0.4, 0.5) is 0 Å². The molecule has 11 heteroatoms. The van der Waals surface area contributed by atoms with E-state index in [4.69, 9.17) is 23.7 Å². The van der Waals surface area contributed by atoms with E-state index >= 15 is 0 Å². The van der Waals surface area contributed by atoms with Crippen LogP contribution in [-0.2, 0) is 25.7 Å². The maximum Gasteiger partial charge on any atom is 0.343 e. The Hall–Kier alpha value is -5.68. The van der Waals surface area contributed by atoms with Crippen molar-refractivity contribution in [3.05, 3.63) is 133 Å². The number of ether oxygens (including phenoxy) is 5. The summed E-state index contributed by atoms with van der Waals surface area (Å²) in [5, 5.41) is 2.28. The summed E-state index contributed by atoms with van der Waals surface area (Å²) < 4.78 is 29.8. The van der Waals surface area contributed by atoms with Gasteiger partial charge in [-0.05, 0) is 78.6 Å². The zero-order chi connectivity index (χ0) is 35.2. The van der Waals surface area contributed by atoms with Gasteiger partial charge in [-0.3, -0.25) is 9.36 Å². The van der Waals surface area contributed by atoms with E-state index in [1.54, 1.807) is 38.1 Å². The van der Waals surface area contributed by atoms with Crippen LogP contribution in [-0.4, -0.2) is 43.4 Å². The molecule has 1 aliphatic rings. The molecule has 0 saturated carbocycles. The van der Waals surface area contributed by atoms with E-state index in [0.717, 1.165) is 21.9 Å². The molecule has 0 bridgehead atoms. The first-order valence-corrected chi connectivity index (χ1v) is 17.0. The number of nitrogens with zero attached hydrogens (tertiary/aromatic N) is 2. The Morgan fingerprint density at radius 2 is 1.70 bits per heavy atom. The van der Waals surface area contributed by atoms with Crippen LogP contribution in [0.15, 0.2) is 106 Å². The third-order valence-electron chi connectivity index (χ3n) is 8.10. The molecule has 1 aromatic heterocycles. The average molecular weight is 693 g/mol. The van der Waals surface area contributed by atoms with Gasteiger partial charge in [-0.25, -0.2) is 14.6 Å². The van der Waals surface area contributed by atoms with E-state index in [0.29, 0.717) is 51.1 Å². The number of fused-ring (bicyclic) bond motifs is 2. The highest BCUT2D eigenvalue weighted by Crippen LogP contribution is 2.36. The number of benzene rings is 4. The quantitative estimate of drug-likeness (QED) is 0.158. The first-order valence-electron chi connectivity index (χ1n) is 16.2. The number of hydrogen-bond donors (Lipinski definition) is 0. The smallest absolute Gasteiger partial charge is 0.343 e. The van der Waals surface area contributed by atoms with E-state index in [9.17, 15) is 14.4 Å². The number of carbonyl (C=O) groups excluding carboxylic acids is 2. The van der Waals surface area contributed by atoms with Crippen molar-refractivity contribution < 1.29 is 33.3 Å². The zero-order valence-corrected chi connectivity index (χ0v) is 29.0. The van der Waals surface area contributed by atoms with E-state index < -0.39 is 18.0 Å². The third-order valence-corrected chi connectivity index (χ3v) is 9.09. The van der Waals surface area contributed by atoms with Crippen molar-refractivity contribution in [2.75, 3.05) is 26.9 Å². The summed E-state index contributed by atoms with van der Waals surface area (Å²) in [5.41, 5.74) is 2.78. The van der Waals surface area contributed by atoms with E-state index in [-0.39, 0.29) is 24.3 Å². The minimum absolute atomic E-state index is 0.149. The zero-order valence-electron chi connectivity index (χ0n) is 28.1. The fraction of sp³-hybridized carbons (Fsp3) is 0.231. The molecule has 1 aliphatic heterocycles. The van der Waals surface area contributed by atoms with Crippen molar-refractivity contribution in [2.45, 2.75) is 33.4 Å². The van der Waals surface area contributed by atoms with E-state index in [2.05, 4.69) is 29.3 Å². The highest BCUT2D eigenvalue weighted by atomic mass is 32.1. The van der Waals surface area contributed by atoms with Crippen molar-refractivity contribution in [3.63, 3.8) is 0 Å². The Balaban J connectivity index is 1.37. The standard InChI is InChI=1S/C39H36N2O8S/c1-5-46-32-21-27(17-18-31(32)49-23-34(42)45-4)36-35(38(44)47-6-2)24(3)40-39-41(36)37(43)33(50-39)20-25-11-9-15-29(19-25)48-22-28-14-10-13-26-12-7-8-16-30(26)28/h7-21,36H,5-6,22-23H2,1-4H3/b33-20+/t36-/m1/s1. The first-order chi connectivity index (χ1) is 24.3. The van der Waals surface area contributed by atoms with Gasteiger partial charge in [-0.1, -0.05) is 72.0 Å². The van der Waals surface area contributed by atoms with Crippen molar-refractivity contribution in [1.82, 2.24) is 4.57 Å². The number of carbonyl (C=O) groups is 2. The molecule has 0 fully saturated rings. The molecular formula is C39H36N2O8S. The van der Waals surface area contributed by atoms with Crippen LogP contribution in [0.5, 0.6) is 17.2 Å². The summed E-state index contributed by atoms with van der Waals surface area (Å²) in [4.78, 5) is 44.5. The van der Waals surface area contributed by atoms with Crippen molar-refractivity contribution >= 4 is 40.1 Å². The van der Waals surface area contributed by atoms with Crippen LogP contribution in [0.1, 0.15) is 43.5 Å². The number of methoxy groups -OCH3 is 1. The van der Waals surface area contributed by atoms with Gasteiger partial charge in [0.05, 0.1) is 42.2 Å². The Labute approximate surface area is 292 Å². The van der Waals surface area contributed by atoms with Crippen LogP contribution < -0.4 is 29.1 Å². The molecule has 0 amide bonds. The van der Waals surface area contributed by atoms with Crippen LogP contribution in [0.2, 0.25) is 0 Å². The van der Waals surface area contributed by atoms with Crippen LogP contribution in [0, 0.1) is 0 Å². The lowest BCUT2D eigenvalue weighted by Crippen LogP contribution is -2.40. The molecule has 6 rings (SSSR count). The van der Waals surface area contributed by atoms with Crippen LogP contribution in [0.25, 0.3) is 16.8 Å².